The van der Waals surface area contributed by atoms with Crippen LogP contribution in [0.4, 0.5) is 4.79 Å². The molecule has 2 fully saturated rings. The summed E-state index contributed by atoms with van der Waals surface area (Å²) in [6.45, 7) is 2.63. The second kappa shape index (κ2) is 8.80. The van der Waals surface area contributed by atoms with Gasteiger partial charge in [0.05, 0.1) is 6.04 Å². The number of hydrogen-bond acceptors (Lipinski definition) is 4. The van der Waals surface area contributed by atoms with E-state index in [2.05, 4.69) is 24.3 Å². The lowest BCUT2D eigenvalue weighted by molar-refractivity contribution is -0.151. The van der Waals surface area contributed by atoms with Gasteiger partial charge in [-0.05, 0) is 41.0 Å². The minimum Gasteiger partial charge on any atom is -0.480 e. The number of carboxylic acid groups (broad SMARTS) is 1. The number of fused-ring (bicyclic) bond motifs is 5. The van der Waals surface area contributed by atoms with Crippen molar-refractivity contribution in [1.29, 1.82) is 0 Å². The van der Waals surface area contributed by atoms with E-state index < -0.39 is 24.1 Å². The van der Waals surface area contributed by atoms with Crippen LogP contribution < -0.4 is 0 Å². The van der Waals surface area contributed by atoms with Crippen molar-refractivity contribution in [1.82, 2.24) is 9.80 Å². The first kappa shape index (κ1) is 22.8. The molecule has 7 nitrogen and oxygen atoms in total. The average Bonchev–Trinajstić information content (AvgIpc) is 3.55. The van der Waals surface area contributed by atoms with Gasteiger partial charge in [0, 0.05) is 18.4 Å². The lowest BCUT2D eigenvalue weighted by Gasteiger charge is -2.32. The maximum absolute atomic E-state index is 13.8. The van der Waals surface area contributed by atoms with Crippen molar-refractivity contribution in [3.05, 3.63) is 71.8 Å². The predicted octanol–water partition coefficient (Wildman–Crippen LogP) is 4.28. The first-order valence-corrected chi connectivity index (χ1v) is 12.8. The molecule has 3 aliphatic heterocycles. The zero-order chi connectivity index (χ0) is 25.0. The Hall–Kier alpha value is -3.61. The third-order valence-corrected chi connectivity index (χ3v) is 8.55. The first-order valence-electron chi connectivity index (χ1n) is 12.8. The summed E-state index contributed by atoms with van der Waals surface area (Å²) >= 11 is 0. The van der Waals surface area contributed by atoms with E-state index in [0.29, 0.717) is 19.4 Å². The first-order chi connectivity index (χ1) is 17.5. The molecule has 186 valence electrons. The Labute approximate surface area is 210 Å². The number of carbonyl (C=O) groups is 3. The Bertz CT molecular complexity index is 1210. The molecule has 0 bridgehead atoms. The van der Waals surface area contributed by atoms with Gasteiger partial charge in [0.1, 0.15) is 18.7 Å². The second-order valence-electron chi connectivity index (χ2n) is 10.3. The summed E-state index contributed by atoms with van der Waals surface area (Å²) in [7, 11) is 0. The number of benzene rings is 2. The van der Waals surface area contributed by atoms with Gasteiger partial charge >= 0.3 is 12.1 Å². The molecule has 1 N–H and O–H groups in total. The van der Waals surface area contributed by atoms with E-state index in [1.54, 1.807) is 0 Å². The number of hydrogen-bond donors (Lipinski definition) is 1. The number of amides is 2. The Morgan fingerprint density at radius 3 is 2.33 bits per heavy atom. The summed E-state index contributed by atoms with van der Waals surface area (Å²) in [6.07, 6.45) is 5.41. The summed E-state index contributed by atoms with van der Waals surface area (Å²) in [5.74, 6) is -1.34. The van der Waals surface area contributed by atoms with Gasteiger partial charge in [-0.2, -0.15) is 0 Å². The molecule has 2 aromatic rings. The zero-order valence-electron chi connectivity index (χ0n) is 20.2. The van der Waals surface area contributed by atoms with Gasteiger partial charge in [-0.3, -0.25) is 9.69 Å². The molecule has 0 spiro atoms. The van der Waals surface area contributed by atoms with Crippen molar-refractivity contribution in [3.8, 4) is 11.1 Å². The molecule has 3 heterocycles. The van der Waals surface area contributed by atoms with E-state index in [1.807, 2.05) is 43.3 Å². The van der Waals surface area contributed by atoms with Crippen molar-refractivity contribution >= 4 is 18.0 Å². The smallest absolute Gasteiger partial charge is 0.410 e. The molecule has 2 saturated heterocycles. The lowest BCUT2D eigenvalue weighted by atomic mass is 9.94. The summed E-state index contributed by atoms with van der Waals surface area (Å²) in [5, 5.41) is 9.83. The summed E-state index contributed by atoms with van der Waals surface area (Å²) < 4.78 is 5.87. The minimum absolute atomic E-state index is 0.0610. The molecule has 36 heavy (non-hydrogen) atoms. The number of carboxylic acids is 1. The fraction of sp³-hybridized carbons (Fsp3) is 0.414. The van der Waals surface area contributed by atoms with Crippen LogP contribution in [-0.4, -0.2) is 64.2 Å². The van der Waals surface area contributed by atoms with E-state index >= 15 is 0 Å². The normalized spacial score (nSPS) is 28.4. The van der Waals surface area contributed by atoms with E-state index in [1.165, 1.54) is 9.80 Å². The SMILES string of the molecule is CC[C@@H]1C[C@@H](C(=O)O)N2C(=O)[C@@H]3[C@@H](C=C[C@@H]12)CCN3C(=O)OCC1c2ccccc2-c2ccccc21. The maximum atomic E-state index is 13.8. The quantitative estimate of drug-likeness (QED) is 0.652. The molecule has 0 saturated carbocycles. The second-order valence-corrected chi connectivity index (χ2v) is 10.3. The highest BCUT2D eigenvalue weighted by Gasteiger charge is 2.53. The Kier molecular flexibility index (Phi) is 5.58. The van der Waals surface area contributed by atoms with Crippen LogP contribution in [0.3, 0.4) is 0 Å². The fourth-order valence-corrected chi connectivity index (χ4v) is 6.78. The highest BCUT2D eigenvalue weighted by Crippen LogP contribution is 2.45. The Balaban J connectivity index is 1.22. The predicted molar refractivity (Wildman–Crippen MR) is 133 cm³/mol. The number of rotatable bonds is 4. The van der Waals surface area contributed by atoms with E-state index in [9.17, 15) is 19.5 Å². The molecule has 0 unspecified atom stereocenters. The highest BCUT2D eigenvalue weighted by molar-refractivity contribution is 5.91. The third kappa shape index (κ3) is 3.44. The number of aliphatic carboxylic acids is 1. The monoisotopic (exact) mass is 486 g/mol. The van der Waals surface area contributed by atoms with Gasteiger partial charge in [0.25, 0.3) is 0 Å². The summed E-state index contributed by atoms with van der Waals surface area (Å²) in [5.41, 5.74) is 4.58. The largest absolute Gasteiger partial charge is 0.480 e. The van der Waals surface area contributed by atoms with Crippen LogP contribution in [0.5, 0.6) is 0 Å². The van der Waals surface area contributed by atoms with Crippen LogP contribution in [0.2, 0.25) is 0 Å². The molecular formula is C29H30N2O5. The van der Waals surface area contributed by atoms with E-state index in [0.717, 1.165) is 28.7 Å². The summed E-state index contributed by atoms with van der Waals surface area (Å²) in [4.78, 5) is 42.2. The van der Waals surface area contributed by atoms with Gasteiger partial charge in [0.2, 0.25) is 5.91 Å². The Morgan fingerprint density at radius 1 is 1.03 bits per heavy atom. The van der Waals surface area contributed by atoms with Crippen LogP contribution >= 0.6 is 0 Å². The van der Waals surface area contributed by atoms with Gasteiger partial charge in [-0.15, -0.1) is 0 Å². The van der Waals surface area contributed by atoms with Crippen LogP contribution in [0, 0.1) is 11.8 Å². The van der Waals surface area contributed by atoms with E-state index in [4.69, 9.17) is 4.74 Å². The van der Waals surface area contributed by atoms with Gasteiger partial charge in [-0.1, -0.05) is 74.0 Å². The molecule has 4 aliphatic rings. The van der Waals surface area contributed by atoms with Crippen molar-refractivity contribution in [3.63, 3.8) is 0 Å². The highest BCUT2D eigenvalue weighted by atomic mass is 16.6. The molecule has 5 atom stereocenters. The summed E-state index contributed by atoms with van der Waals surface area (Å²) in [6, 6.07) is 14.5. The Morgan fingerprint density at radius 2 is 1.69 bits per heavy atom. The topological polar surface area (TPSA) is 87.2 Å². The minimum atomic E-state index is -0.984. The van der Waals surface area contributed by atoms with Crippen LogP contribution in [0.1, 0.15) is 43.2 Å². The van der Waals surface area contributed by atoms with Crippen LogP contribution in [0.25, 0.3) is 11.1 Å². The van der Waals surface area contributed by atoms with Gasteiger partial charge in [0.15, 0.2) is 0 Å². The third-order valence-electron chi connectivity index (χ3n) is 8.55. The number of carbonyl (C=O) groups excluding carboxylic acids is 2. The number of nitrogens with zero attached hydrogens (tertiary/aromatic N) is 2. The molecule has 6 rings (SSSR count). The molecule has 2 amide bonds. The molecular weight excluding hydrogens is 456 g/mol. The molecule has 0 aromatic heterocycles. The maximum Gasteiger partial charge on any atom is 0.410 e. The molecule has 1 aliphatic carbocycles. The van der Waals surface area contributed by atoms with Crippen molar-refractivity contribution in [2.24, 2.45) is 11.8 Å². The molecule has 2 aromatic carbocycles. The number of likely N-dealkylation sites (tertiary alicyclic amines) is 1. The standard InChI is InChI=1S/C29H30N2O5/c1-2-17-15-25(28(33)34)31-24(17)12-11-18-13-14-30(26(18)27(31)32)29(35)36-16-23-21-9-5-3-7-19(21)20-8-4-6-10-22(20)23/h3-12,17-18,23-26H,2,13-16H2,1H3,(H,33,34)/t17-,18+,24+,25+,26+/m1/s1. The molecule has 7 heteroatoms. The van der Waals surface area contributed by atoms with Crippen molar-refractivity contribution in [2.45, 2.75) is 50.2 Å². The van der Waals surface area contributed by atoms with Crippen LogP contribution in [-0.2, 0) is 14.3 Å². The molecule has 0 radical (unpaired) electrons. The van der Waals surface area contributed by atoms with Gasteiger partial charge < -0.3 is 14.7 Å². The van der Waals surface area contributed by atoms with E-state index in [-0.39, 0.29) is 36.3 Å². The van der Waals surface area contributed by atoms with Crippen molar-refractivity contribution in [2.75, 3.05) is 13.2 Å². The van der Waals surface area contributed by atoms with Crippen LogP contribution in [0.15, 0.2) is 60.7 Å². The zero-order valence-corrected chi connectivity index (χ0v) is 20.2. The lowest BCUT2D eigenvalue weighted by Crippen LogP contribution is -2.54. The average molecular weight is 487 g/mol. The van der Waals surface area contributed by atoms with Crippen molar-refractivity contribution < 1.29 is 24.2 Å². The van der Waals surface area contributed by atoms with Gasteiger partial charge in [-0.25, -0.2) is 9.59 Å². The fourth-order valence-electron chi connectivity index (χ4n) is 6.78. The number of ether oxygens (including phenoxy) is 1.